The minimum Gasteiger partial charge on any atom is -0.314 e. The third kappa shape index (κ3) is 4.27. The summed E-state index contributed by atoms with van der Waals surface area (Å²) in [5.74, 6) is -0.974. The van der Waals surface area contributed by atoms with Gasteiger partial charge in [-0.25, -0.2) is 8.78 Å². The van der Waals surface area contributed by atoms with Gasteiger partial charge in [-0.05, 0) is 37.9 Å². The van der Waals surface area contributed by atoms with Crippen molar-refractivity contribution in [2.45, 2.75) is 39.2 Å². The van der Waals surface area contributed by atoms with Crippen molar-refractivity contribution in [1.82, 2.24) is 5.32 Å². The van der Waals surface area contributed by atoms with Crippen molar-refractivity contribution in [3.05, 3.63) is 35.4 Å². The van der Waals surface area contributed by atoms with Crippen LogP contribution in [0.5, 0.6) is 0 Å². The van der Waals surface area contributed by atoms with E-state index in [1.807, 2.05) is 0 Å². The van der Waals surface area contributed by atoms with Crippen LogP contribution >= 0.6 is 0 Å². The maximum atomic E-state index is 13.3. The molecular weight excluding hydrogens is 208 g/mol. The van der Waals surface area contributed by atoms with Gasteiger partial charge in [0.25, 0.3) is 0 Å². The highest BCUT2D eigenvalue weighted by molar-refractivity contribution is 5.18. The quantitative estimate of drug-likeness (QED) is 0.786. The lowest BCUT2D eigenvalue weighted by molar-refractivity contribution is 0.505. The van der Waals surface area contributed by atoms with E-state index in [2.05, 4.69) is 19.2 Å². The van der Waals surface area contributed by atoms with Crippen LogP contribution < -0.4 is 5.32 Å². The molecule has 1 aromatic rings. The van der Waals surface area contributed by atoms with Gasteiger partial charge in [-0.2, -0.15) is 0 Å². The second-order valence-electron chi connectivity index (χ2n) is 4.13. The zero-order valence-corrected chi connectivity index (χ0v) is 9.89. The topological polar surface area (TPSA) is 12.0 Å². The standard InChI is InChI=1S/C13H19F2N/c1-3-4-10(2)16-8-7-11-5-6-12(14)9-13(11)15/h5-6,9-10,16H,3-4,7-8H2,1-2H3. The smallest absolute Gasteiger partial charge is 0.129 e. The molecule has 90 valence electrons. The molecule has 0 aliphatic heterocycles. The maximum Gasteiger partial charge on any atom is 0.129 e. The van der Waals surface area contributed by atoms with Gasteiger partial charge in [0.1, 0.15) is 11.6 Å². The Morgan fingerprint density at radius 1 is 1.31 bits per heavy atom. The van der Waals surface area contributed by atoms with E-state index in [1.165, 1.54) is 12.1 Å². The highest BCUT2D eigenvalue weighted by Crippen LogP contribution is 2.09. The predicted octanol–water partition coefficient (Wildman–Crippen LogP) is 3.29. The Labute approximate surface area is 95.9 Å². The summed E-state index contributed by atoms with van der Waals surface area (Å²) < 4.78 is 25.9. The Hall–Kier alpha value is -0.960. The van der Waals surface area contributed by atoms with E-state index in [4.69, 9.17) is 0 Å². The molecule has 0 saturated carbocycles. The van der Waals surface area contributed by atoms with Crippen LogP contribution in [0.3, 0.4) is 0 Å². The summed E-state index contributed by atoms with van der Waals surface area (Å²) >= 11 is 0. The van der Waals surface area contributed by atoms with Gasteiger partial charge in [0, 0.05) is 12.1 Å². The van der Waals surface area contributed by atoms with E-state index in [9.17, 15) is 8.78 Å². The molecule has 0 amide bonds. The Morgan fingerprint density at radius 3 is 2.69 bits per heavy atom. The average molecular weight is 227 g/mol. The van der Waals surface area contributed by atoms with Crippen LogP contribution in [0.2, 0.25) is 0 Å². The molecule has 1 N–H and O–H groups in total. The first-order valence-electron chi connectivity index (χ1n) is 5.80. The van der Waals surface area contributed by atoms with Gasteiger partial charge in [-0.1, -0.05) is 19.4 Å². The molecular formula is C13H19F2N. The average Bonchev–Trinajstić information content (AvgIpc) is 2.22. The summed E-state index contributed by atoms with van der Waals surface area (Å²) in [5, 5.41) is 3.31. The first-order chi connectivity index (χ1) is 7.63. The molecule has 1 rings (SSSR count). The van der Waals surface area contributed by atoms with Gasteiger partial charge in [0.15, 0.2) is 0 Å². The molecule has 0 heterocycles. The first-order valence-corrected chi connectivity index (χ1v) is 5.80. The predicted molar refractivity (Wildman–Crippen MR) is 62.4 cm³/mol. The Morgan fingerprint density at radius 2 is 2.06 bits per heavy atom. The zero-order valence-electron chi connectivity index (χ0n) is 9.89. The number of hydrogen-bond donors (Lipinski definition) is 1. The molecule has 1 nitrogen and oxygen atoms in total. The third-order valence-corrected chi connectivity index (χ3v) is 2.62. The van der Waals surface area contributed by atoms with Crippen LogP contribution in [-0.4, -0.2) is 12.6 Å². The molecule has 0 saturated heterocycles. The third-order valence-electron chi connectivity index (χ3n) is 2.62. The lowest BCUT2D eigenvalue weighted by Gasteiger charge is -2.12. The van der Waals surface area contributed by atoms with Gasteiger partial charge in [0.2, 0.25) is 0 Å². The normalized spacial score (nSPS) is 12.8. The van der Waals surface area contributed by atoms with E-state index in [0.717, 1.165) is 25.5 Å². The summed E-state index contributed by atoms with van der Waals surface area (Å²) in [4.78, 5) is 0. The fraction of sp³-hybridized carbons (Fsp3) is 0.538. The minimum absolute atomic E-state index is 0.452. The van der Waals surface area contributed by atoms with Crippen LogP contribution in [0, 0.1) is 11.6 Å². The van der Waals surface area contributed by atoms with Crippen molar-refractivity contribution >= 4 is 0 Å². The molecule has 0 fully saturated rings. The zero-order chi connectivity index (χ0) is 12.0. The van der Waals surface area contributed by atoms with Crippen LogP contribution in [0.1, 0.15) is 32.3 Å². The molecule has 0 radical (unpaired) electrons. The molecule has 0 spiro atoms. The maximum absolute atomic E-state index is 13.3. The van der Waals surface area contributed by atoms with E-state index >= 15 is 0 Å². The molecule has 1 unspecified atom stereocenters. The first kappa shape index (κ1) is 13.1. The Balaban J connectivity index is 2.37. The highest BCUT2D eigenvalue weighted by Gasteiger charge is 2.04. The molecule has 0 bridgehead atoms. The lowest BCUT2D eigenvalue weighted by Crippen LogP contribution is -2.28. The summed E-state index contributed by atoms with van der Waals surface area (Å²) in [7, 11) is 0. The van der Waals surface area contributed by atoms with Crippen molar-refractivity contribution < 1.29 is 8.78 Å². The van der Waals surface area contributed by atoms with Crippen LogP contribution in [-0.2, 0) is 6.42 Å². The SMILES string of the molecule is CCCC(C)NCCc1ccc(F)cc1F. The van der Waals surface area contributed by atoms with Gasteiger partial charge in [0.05, 0.1) is 0 Å². The summed E-state index contributed by atoms with van der Waals surface area (Å²) in [5.41, 5.74) is 0.567. The van der Waals surface area contributed by atoms with Gasteiger partial charge in [-0.3, -0.25) is 0 Å². The summed E-state index contributed by atoms with van der Waals surface area (Å²) in [6.07, 6.45) is 2.85. The minimum atomic E-state index is -0.520. The number of rotatable bonds is 6. The Bertz CT molecular complexity index is 326. The van der Waals surface area contributed by atoms with Crippen LogP contribution in [0.4, 0.5) is 8.78 Å². The van der Waals surface area contributed by atoms with E-state index in [1.54, 1.807) is 0 Å². The molecule has 0 aromatic heterocycles. The Kier molecular flexibility index (Phi) is 5.39. The number of benzene rings is 1. The second kappa shape index (κ2) is 6.59. The molecule has 1 atom stereocenters. The highest BCUT2D eigenvalue weighted by atomic mass is 19.1. The summed E-state index contributed by atoms with van der Waals surface area (Å²) in [6, 6.07) is 4.20. The van der Waals surface area contributed by atoms with Crippen molar-refractivity contribution in [2.75, 3.05) is 6.54 Å². The molecule has 0 aliphatic rings. The van der Waals surface area contributed by atoms with Crippen LogP contribution in [0.15, 0.2) is 18.2 Å². The second-order valence-corrected chi connectivity index (χ2v) is 4.13. The fourth-order valence-electron chi connectivity index (χ4n) is 1.71. The monoisotopic (exact) mass is 227 g/mol. The van der Waals surface area contributed by atoms with Gasteiger partial charge in [-0.15, -0.1) is 0 Å². The van der Waals surface area contributed by atoms with Crippen molar-refractivity contribution in [3.8, 4) is 0 Å². The molecule has 0 aliphatic carbocycles. The fourth-order valence-corrected chi connectivity index (χ4v) is 1.71. The summed E-state index contributed by atoms with van der Waals surface area (Å²) in [6.45, 7) is 4.98. The molecule has 16 heavy (non-hydrogen) atoms. The van der Waals surface area contributed by atoms with Crippen molar-refractivity contribution in [2.24, 2.45) is 0 Å². The van der Waals surface area contributed by atoms with Gasteiger partial charge >= 0.3 is 0 Å². The number of hydrogen-bond acceptors (Lipinski definition) is 1. The molecule has 1 aromatic carbocycles. The van der Waals surface area contributed by atoms with Crippen molar-refractivity contribution in [1.29, 1.82) is 0 Å². The van der Waals surface area contributed by atoms with Crippen LogP contribution in [0.25, 0.3) is 0 Å². The van der Waals surface area contributed by atoms with E-state index in [-0.39, 0.29) is 0 Å². The van der Waals surface area contributed by atoms with Crippen molar-refractivity contribution in [3.63, 3.8) is 0 Å². The number of halogens is 2. The molecule has 3 heteroatoms. The van der Waals surface area contributed by atoms with E-state index in [0.29, 0.717) is 18.0 Å². The number of nitrogens with one attached hydrogen (secondary N) is 1. The van der Waals surface area contributed by atoms with Gasteiger partial charge < -0.3 is 5.32 Å². The van der Waals surface area contributed by atoms with E-state index < -0.39 is 11.6 Å². The largest absolute Gasteiger partial charge is 0.314 e. The lowest BCUT2D eigenvalue weighted by atomic mass is 10.1.